The van der Waals surface area contributed by atoms with Gasteiger partial charge in [-0.1, -0.05) is 80.8 Å². The van der Waals surface area contributed by atoms with Crippen LogP contribution in [0, 0.1) is 0 Å². The second kappa shape index (κ2) is 12.3. The number of ether oxygens (including phenoxy) is 1. The maximum Gasteiger partial charge on any atom is 0.340 e. The first-order chi connectivity index (χ1) is 16.1. The van der Waals surface area contributed by atoms with Crippen LogP contribution >= 0.6 is 0 Å². The predicted octanol–water partition coefficient (Wildman–Crippen LogP) is 6.10. The van der Waals surface area contributed by atoms with Crippen LogP contribution in [-0.2, 0) is 11.2 Å². The van der Waals surface area contributed by atoms with Gasteiger partial charge in [0.2, 0.25) is 0 Å². The number of aryl methyl sites for hydroxylation is 1. The average molecular weight is 444 g/mol. The third-order valence-corrected chi connectivity index (χ3v) is 5.36. The van der Waals surface area contributed by atoms with E-state index in [0.717, 1.165) is 12.8 Å². The highest BCUT2D eigenvalue weighted by atomic mass is 16.5. The molecule has 0 aromatic heterocycles. The Balaban J connectivity index is 1.59. The number of carbonyl (C=O) groups excluding carboxylic acids is 3. The van der Waals surface area contributed by atoms with Crippen molar-refractivity contribution in [3.63, 3.8) is 0 Å². The van der Waals surface area contributed by atoms with Gasteiger partial charge >= 0.3 is 5.97 Å². The number of nitrogens with one attached hydrogen (secondary N) is 1. The van der Waals surface area contributed by atoms with Gasteiger partial charge in [0.1, 0.15) is 0 Å². The molecule has 3 aromatic rings. The SMILES string of the molecule is CCCCCCc1ccc(C(=O)Nc2ccccc2C(=O)OCC(=O)c2ccccc2)cc1. The lowest BCUT2D eigenvalue weighted by molar-refractivity contribution is 0.0475. The summed E-state index contributed by atoms with van der Waals surface area (Å²) in [6, 6.07) is 22.8. The van der Waals surface area contributed by atoms with Crippen LogP contribution < -0.4 is 5.32 Å². The smallest absolute Gasteiger partial charge is 0.340 e. The van der Waals surface area contributed by atoms with E-state index in [-0.39, 0.29) is 23.9 Å². The second-order valence-electron chi connectivity index (χ2n) is 7.87. The molecule has 0 radical (unpaired) electrons. The highest BCUT2D eigenvalue weighted by molar-refractivity contribution is 6.08. The number of hydrogen-bond donors (Lipinski definition) is 1. The molecule has 5 heteroatoms. The van der Waals surface area contributed by atoms with Gasteiger partial charge in [-0.2, -0.15) is 0 Å². The van der Waals surface area contributed by atoms with Crippen LogP contribution in [0.3, 0.4) is 0 Å². The molecule has 0 unspecified atom stereocenters. The summed E-state index contributed by atoms with van der Waals surface area (Å²) in [4.78, 5) is 37.5. The average Bonchev–Trinajstić information content (AvgIpc) is 2.86. The molecule has 3 aromatic carbocycles. The summed E-state index contributed by atoms with van der Waals surface area (Å²) in [6.45, 7) is 1.82. The number of Topliss-reactive ketones (excluding diaryl/α,β-unsaturated/α-hetero) is 1. The Morgan fingerprint density at radius 1 is 0.758 bits per heavy atom. The lowest BCUT2D eigenvalue weighted by Gasteiger charge is -2.11. The van der Waals surface area contributed by atoms with E-state index in [0.29, 0.717) is 16.8 Å². The number of anilines is 1. The Bertz CT molecular complexity index is 1070. The molecule has 33 heavy (non-hydrogen) atoms. The monoisotopic (exact) mass is 443 g/mol. The zero-order valence-corrected chi connectivity index (χ0v) is 18.9. The summed E-state index contributed by atoms with van der Waals surface area (Å²) in [5.74, 6) is -1.27. The first-order valence-corrected chi connectivity index (χ1v) is 11.3. The molecule has 3 rings (SSSR count). The number of hydrogen-bond acceptors (Lipinski definition) is 4. The highest BCUT2D eigenvalue weighted by Gasteiger charge is 2.17. The highest BCUT2D eigenvalue weighted by Crippen LogP contribution is 2.18. The molecule has 0 bridgehead atoms. The lowest BCUT2D eigenvalue weighted by atomic mass is 10.0. The van der Waals surface area contributed by atoms with Gasteiger partial charge in [0.25, 0.3) is 5.91 Å². The number of carbonyl (C=O) groups is 3. The number of ketones is 1. The van der Waals surface area contributed by atoms with Gasteiger partial charge in [-0.15, -0.1) is 0 Å². The third-order valence-electron chi connectivity index (χ3n) is 5.36. The van der Waals surface area contributed by atoms with E-state index in [9.17, 15) is 14.4 Å². The normalized spacial score (nSPS) is 10.5. The largest absolute Gasteiger partial charge is 0.454 e. The molecule has 0 fully saturated rings. The van der Waals surface area contributed by atoms with E-state index in [1.807, 2.05) is 18.2 Å². The molecule has 0 aliphatic carbocycles. The zero-order chi connectivity index (χ0) is 23.5. The topological polar surface area (TPSA) is 72.5 Å². The molecule has 0 atom stereocenters. The maximum absolute atomic E-state index is 12.7. The van der Waals surface area contributed by atoms with Crippen LogP contribution in [0.1, 0.15) is 69.2 Å². The number of unbranched alkanes of at least 4 members (excludes halogenated alkanes) is 3. The molecule has 0 heterocycles. The van der Waals surface area contributed by atoms with Crippen LogP contribution in [0.2, 0.25) is 0 Å². The molecular weight excluding hydrogens is 414 g/mol. The summed E-state index contributed by atoms with van der Waals surface area (Å²) in [5.41, 5.74) is 2.72. The Hall–Kier alpha value is -3.73. The van der Waals surface area contributed by atoms with Crippen LogP contribution in [0.5, 0.6) is 0 Å². The molecule has 170 valence electrons. The van der Waals surface area contributed by atoms with E-state index < -0.39 is 5.97 Å². The predicted molar refractivity (Wildman–Crippen MR) is 130 cm³/mol. The van der Waals surface area contributed by atoms with Gasteiger partial charge in [0.05, 0.1) is 11.3 Å². The van der Waals surface area contributed by atoms with E-state index in [2.05, 4.69) is 12.2 Å². The fourth-order valence-corrected chi connectivity index (χ4v) is 3.46. The van der Waals surface area contributed by atoms with Crippen LogP contribution in [0.25, 0.3) is 0 Å². The number of rotatable bonds is 11. The van der Waals surface area contributed by atoms with Crippen molar-refractivity contribution in [1.82, 2.24) is 0 Å². The van der Waals surface area contributed by atoms with Gasteiger partial charge in [-0.3, -0.25) is 9.59 Å². The van der Waals surface area contributed by atoms with Crippen molar-refractivity contribution >= 4 is 23.3 Å². The van der Waals surface area contributed by atoms with Crippen LogP contribution in [-0.4, -0.2) is 24.3 Å². The Morgan fingerprint density at radius 2 is 1.45 bits per heavy atom. The van der Waals surface area contributed by atoms with Crippen molar-refractivity contribution in [1.29, 1.82) is 0 Å². The number of para-hydroxylation sites is 1. The molecule has 0 saturated carbocycles. The Morgan fingerprint density at radius 3 is 2.18 bits per heavy atom. The summed E-state index contributed by atoms with van der Waals surface area (Å²) in [7, 11) is 0. The van der Waals surface area contributed by atoms with E-state index in [4.69, 9.17) is 4.74 Å². The first kappa shape index (κ1) is 23.9. The van der Waals surface area contributed by atoms with E-state index >= 15 is 0 Å². The molecule has 0 spiro atoms. The fourth-order valence-electron chi connectivity index (χ4n) is 3.46. The van der Waals surface area contributed by atoms with Crippen molar-refractivity contribution in [3.05, 3.63) is 101 Å². The fraction of sp³-hybridized carbons (Fsp3) is 0.250. The van der Waals surface area contributed by atoms with Crippen LogP contribution in [0.15, 0.2) is 78.9 Å². The summed E-state index contributed by atoms with van der Waals surface area (Å²) < 4.78 is 5.20. The van der Waals surface area contributed by atoms with Crippen molar-refractivity contribution in [2.75, 3.05) is 11.9 Å². The number of esters is 1. The summed E-state index contributed by atoms with van der Waals surface area (Å²) >= 11 is 0. The minimum Gasteiger partial charge on any atom is -0.454 e. The van der Waals surface area contributed by atoms with Crippen molar-refractivity contribution in [2.24, 2.45) is 0 Å². The molecule has 5 nitrogen and oxygen atoms in total. The lowest BCUT2D eigenvalue weighted by Crippen LogP contribution is -2.18. The summed E-state index contributed by atoms with van der Waals surface area (Å²) in [5, 5.41) is 2.78. The zero-order valence-electron chi connectivity index (χ0n) is 18.9. The van der Waals surface area contributed by atoms with Crippen LogP contribution in [0.4, 0.5) is 5.69 Å². The quantitative estimate of drug-likeness (QED) is 0.221. The van der Waals surface area contributed by atoms with Gasteiger partial charge < -0.3 is 10.1 Å². The maximum atomic E-state index is 12.7. The standard InChI is InChI=1S/C28H29NO4/c1-2-3-4-6-11-21-16-18-23(19-17-21)27(31)29-25-15-10-9-14-24(25)28(32)33-20-26(30)22-12-7-5-8-13-22/h5,7-10,12-19H,2-4,6,11,20H2,1H3,(H,29,31). The van der Waals surface area contributed by atoms with Gasteiger partial charge in [-0.05, 0) is 42.7 Å². The molecule has 0 aliphatic heterocycles. The summed E-state index contributed by atoms with van der Waals surface area (Å²) in [6.07, 6.45) is 5.79. The Labute approximate surface area is 194 Å². The minimum atomic E-state index is -0.669. The van der Waals surface area contributed by atoms with Crippen molar-refractivity contribution in [3.8, 4) is 0 Å². The van der Waals surface area contributed by atoms with Gasteiger partial charge in [0.15, 0.2) is 12.4 Å². The van der Waals surface area contributed by atoms with Gasteiger partial charge in [-0.25, -0.2) is 4.79 Å². The molecular formula is C28H29NO4. The molecule has 1 N–H and O–H groups in total. The molecule has 0 aliphatic rings. The van der Waals surface area contributed by atoms with Crippen molar-refractivity contribution in [2.45, 2.75) is 39.0 Å². The van der Waals surface area contributed by atoms with E-state index in [1.54, 1.807) is 60.7 Å². The third kappa shape index (κ3) is 7.14. The van der Waals surface area contributed by atoms with Crippen molar-refractivity contribution < 1.29 is 19.1 Å². The molecule has 1 amide bonds. The second-order valence-corrected chi connectivity index (χ2v) is 7.87. The minimum absolute atomic E-state index is 0.194. The number of benzene rings is 3. The Kier molecular flexibility index (Phi) is 8.95. The number of amides is 1. The van der Waals surface area contributed by atoms with Gasteiger partial charge in [0, 0.05) is 11.1 Å². The first-order valence-electron chi connectivity index (χ1n) is 11.3. The van der Waals surface area contributed by atoms with E-state index in [1.165, 1.54) is 24.8 Å². The molecule has 0 saturated heterocycles.